The number of halogens is 4. The van der Waals surface area contributed by atoms with Gasteiger partial charge in [-0.25, -0.2) is 18.1 Å². The summed E-state index contributed by atoms with van der Waals surface area (Å²) in [5, 5.41) is 2.36. The molecule has 1 aliphatic carbocycles. The fourth-order valence-electron chi connectivity index (χ4n) is 2.37. The van der Waals surface area contributed by atoms with Crippen LogP contribution in [-0.2, 0) is 16.6 Å². The van der Waals surface area contributed by atoms with Crippen molar-refractivity contribution in [3.63, 3.8) is 0 Å². The molecule has 1 fully saturated rings. The molecule has 0 radical (unpaired) electrons. The Labute approximate surface area is 175 Å². The van der Waals surface area contributed by atoms with Crippen LogP contribution >= 0.6 is 11.6 Å². The van der Waals surface area contributed by atoms with Gasteiger partial charge in [0.25, 0.3) is 5.91 Å². The van der Waals surface area contributed by atoms with E-state index in [2.05, 4.69) is 19.8 Å². The van der Waals surface area contributed by atoms with Crippen molar-refractivity contribution in [1.82, 2.24) is 15.0 Å². The lowest BCUT2D eigenvalue weighted by atomic mass is 10.2. The van der Waals surface area contributed by atoms with Gasteiger partial charge in [-0.3, -0.25) is 4.79 Å². The molecule has 2 N–H and O–H groups in total. The number of ether oxygens (including phenoxy) is 1. The number of nitrogens with zero attached hydrogens (tertiary/aromatic N) is 1. The van der Waals surface area contributed by atoms with Crippen LogP contribution in [0.4, 0.5) is 13.2 Å². The highest BCUT2D eigenvalue weighted by atomic mass is 35.5. The average molecular weight is 464 g/mol. The van der Waals surface area contributed by atoms with E-state index in [-0.39, 0.29) is 28.1 Å². The number of hydrogen-bond donors (Lipinski definition) is 2. The maximum absolute atomic E-state index is 12.2. The van der Waals surface area contributed by atoms with Gasteiger partial charge >= 0.3 is 6.18 Å². The summed E-state index contributed by atoms with van der Waals surface area (Å²) in [4.78, 5) is 16.0. The van der Waals surface area contributed by atoms with E-state index >= 15 is 0 Å². The predicted octanol–water partition coefficient (Wildman–Crippen LogP) is 3.05. The normalized spacial score (nSPS) is 14.4. The lowest BCUT2D eigenvalue weighted by molar-refractivity contribution is -0.154. The molecule has 162 valence electrons. The van der Waals surface area contributed by atoms with E-state index in [1.165, 1.54) is 12.1 Å². The second-order valence-corrected chi connectivity index (χ2v) is 8.76. The van der Waals surface area contributed by atoms with Crippen molar-refractivity contribution in [2.24, 2.45) is 0 Å². The van der Waals surface area contributed by atoms with E-state index in [9.17, 15) is 26.4 Å². The number of amides is 1. The van der Waals surface area contributed by atoms with Crippen LogP contribution in [-0.4, -0.2) is 38.1 Å². The molecule has 0 unspecified atom stereocenters. The van der Waals surface area contributed by atoms with Crippen molar-refractivity contribution in [1.29, 1.82) is 0 Å². The molecule has 1 amide bonds. The highest BCUT2D eigenvalue weighted by Crippen LogP contribution is 2.25. The number of hydrogen-bond acceptors (Lipinski definition) is 5. The topological polar surface area (TPSA) is 97.4 Å². The van der Waals surface area contributed by atoms with Gasteiger partial charge in [-0.2, -0.15) is 13.2 Å². The smallest absolute Gasteiger partial charge is 0.422 e. The van der Waals surface area contributed by atoms with E-state index in [1.54, 1.807) is 12.1 Å². The van der Waals surface area contributed by atoms with Crippen molar-refractivity contribution in [3.05, 3.63) is 52.7 Å². The summed E-state index contributed by atoms with van der Waals surface area (Å²) in [6.45, 7) is -1.45. The van der Waals surface area contributed by atoms with Crippen LogP contribution in [0, 0.1) is 0 Å². The minimum Gasteiger partial charge on any atom is -0.467 e. The highest BCUT2D eigenvalue weighted by molar-refractivity contribution is 7.89. The second kappa shape index (κ2) is 8.78. The van der Waals surface area contributed by atoms with Crippen LogP contribution in [0.5, 0.6) is 5.88 Å². The first-order valence-corrected chi connectivity index (χ1v) is 10.6. The molecular weight excluding hydrogens is 447 g/mol. The third-order valence-electron chi connectivity index (χ3n) is 4.03. The second-order valence-electron chi connectivity index (χ2n) is 6.64. The van der Waals surface area contributed by atoms with Crippen molar-refractivity contribution in [2.45, 2.75) is 36.5 Å². The molecule has 1 aromatic carbocycles. The van der Waals surface area contributed by atoms with Crippen LogP contribution in [0.25, 0.3) is 0 Å². The molecule has 30 heavy (non-hydrogen) atoms. The zero-order valence-electron chi connectivity index (χ0n) is 15.4. The highest BCUT2D eigenvalue weighted by Gasteiger charge is 2.29. The molecule has 0 saturated heterocycles. The summed E-state index contributed by atoms with van der Waals surface area (Å²) in [5.41, 5.74) is 0.685. The number of carbonyl (C=O) groups is 1. The van der Waals surface area contributed by atoms with Crippen molar-refractivity contribution < 1.29 is 31.1 Å². The largest absolute Gasteiger partial charge is 0.467 e. The summed E-state index contributed by atoms with van der Waals surface area (Å²) < 4.78 is 67.9. The molecule has 12 heteroatoms. The van der Waals surface area contributed by atoms with Gasteiger partial charge in [0, 0.05) is 18.8 Å². The summed E-state index contributed by atoms with van der Waals surface area (Å²) in [6.07, 6.45) is -1.83. The standard InChI is InChI=1S/C18H17ClF3N3O4S/c19-15-7-12(9-24-17(15)29-10-18(20,21)22)16(26)23-8-11-1-5-14(6-2-11)30(27,28)25-13-3-4-13/h1-2,5-7,9,13,25H,3-4,8,10H2,(H,23,26). The maximum atomic E-state index is 12.2. The minimum absolute atomic E-state index is 0.000325. The molecule has 3 rings (SSSR count). The number of alkyl halides is 3. The molecule has 0 spiro atoms. The van der Waals surface area contributed by atoms with Gasteiger partial charge in [0.05, 0.1) is 10.5 Å². The van der Waals surface area contributed by atoms with Crippen LogP contribution in [0.2, 0.25) is 5.02 Å². The summed E-state index contributed by atoms with van der Waals surface area (Å²) in [6, 6.07) is 7.17. The quantitative estimate of drug-likeness (QED) is 0.627. The lowest BCUT2D eigenvalue weighted by Gasteiger charge is -2.11. The van der Waals surface area contributed by atoms with Crippen molar-refractivity contribution in [2.75, 3.05) is 6.61 Å². The number of sulfonamides is 1. The van der Waals surface area contributed by atoms with Gasteiger partial charge in [0.2, 0.25) is 15.9 Å². The van der Waals surface area contributed by atoms with Crippen LogP contribution in [0.1, 0.15) is 28.8 Å². The van der Waals surface area contributed by atoms with E-state index in [4.69, 9.17) is 11.6 Å². The Morgan fingerprint density at radius 2 is 1.90 bits per heavy atom. The van der Waals surface area contributed by atoms with Gasteiger partial charge in [-0.15, -0.1) is 0 Å². The zero-order chi connectivity index (χ0) is 21.9. The van der Waals surface area contributed by atoms with Gasteiger partial charge in [0.15, 0.2) is 6.61 Å². The van der Waals surface area contributed by atoms with Crippen molar-refractivity contribution >= 4 is 27.5 Å². The summed E-state index contributed by atoms with van der Waals surface area (Å²) in [7, 11) is -3.55. The maximum Gasteiger partial charge on any atom is 0.422 e. The third kappa shape index (κ3) is 6.31. The van der Waals surface area contributed by atoms with E-state index < -0.39 is 34.6 Å². The molecule has 1 heterocycles. The molecule has 0 aliphatic heterocycles. The van der Waals surface area contributed by atoms with Gasteiger partial charge in [0.1, 0.15) is 5.02 Å². The minimum atomic E-state index is -4.54. The van der Waals surface area contributed by atoms with Crippen LogP contribution in [0.3, 0.4) is 0 Å². The lowest BCUT2D eigenvalue weighted by Crippen LogP contribution is -2.26. The Bertz CT molecular complexity index is 1030. The van der Waals surface area contributed by atoms with Gasteiger partial charge in [-0.1, -0.05) is 23.7 Å². The molecule has 7 nitrogen and oxygen atoms in total. The first kappa shape index (κ1) is 22.3. The third-order valence-corrected chi connectivity index (χ3v) is 5.84. The Hall–Kier alpha value is -2.37. The zero-order valence-corrected chi connectivity index (χ0v) is 16.9. The van der Waals surface area contributed by atoms with E-state index in [1.807, 2.05) is 0 Å². The molecule has 1 aliphatic rings. The number of benzene rings is 1. The summed E-state index contributed by atoms with van der Waals surface area (Å²) >= 11 is 5.82. The summed E-state index contributed by atoms with van der Waals surface area (Å²) in [5.74, 6) is -0.985. The number of aromatic nitrogens is 1. The first-order chi connectivity index (χ1) is 14.0. The Morgan fingerprint density at radius 3 is 2.47 bits per heavy atom. The number of carbonyl (C=O) groups excluding carboxylic acids is 1. The van der Waals surface area contributed by atoms with Crippen molar-refractivity contribution in [3.8, 4) is 5.88 Å². The first-order valence-electron chi connectivity index (χ1n) is 8.78. The van der Waals surface area contributed by atoms with Gasteiger partial charge in [-0.05, 0) is 36.6 Å². The molecule has 1 saturated carbocycles. The van der Waals surface area contributed by atoms with Crippen LogP contribution in [0.15, 0.2) is 41.4 Å². The monoisotopic (exact) mass is 463 g/mol. The Kier molecular flexibility index (Phi) is 6.53. The van der Waals surface area contributed by atoms with E-state index in [0.29, 0.717) is 5.56 Å². The fraction of sp³-hybridized carbons (Fsp3) is 0.333. The molecular formula is C18H17ClF3N3O4S. The van der Waals surface area contributed by atoms with E-state index in [0.717, 1.165) is 25.1 Å². The Balaban J connectivity index is 1.56. The molecule has 2 aromatic rings. The SMILES string of the molecule is O=C(NCc1ccc(S(=O)(=O)NC2CC2)cc1)c1cnc(OCC(F)(F)F)c(Cl)c1. The number of nitrogens with one attached hydrogen (secondary N) is 2. The van der Waals surface area contributed by atoms with Gasteiger partial charge < -0.3 is 10.1 Å². The number of rotatable bonds is 8. The Morgan fingerprint density at radius 1 is 1.23 bits per heavy atom. The molecule has 0 atom stereocenters. The molecule has 0 bridgehead atoms. The van der Waals surface area contributed by atoms with Crippen LogP contribution < -0.4 is 14.8 Å². The number of pyridine rings is 1. The molecule has 1 aromatic heterocycles. The predicted molar refractivity (Wildman–Crippen MR) is 102 cm³/mol. The average Bonchev–Trinajstić information content (AvgIpc) is 3.48. The fourth-order valence-corrected chi connectivity index (χ4v) is 3.89.